The molecule has 0 aliphatic carbocycles. The number of carbonyl (C=O) groups is 1. The molecule has 1 unspecified atom stereocenters. The average Bonchev–Trinajstić information content (AvgIpc) is 2.45. The van der Waals surface area contributed by atoms with Crippen molar-refractivity contribution >= 4 is 23.3 Å². The lowest BCUT2D eigenvalue weighted by atomic mass is 10.2. The van der Waals surface area contributed by atoms with Crippen molar-refractivity contribution in [1.29, 1.82) is 0 Å². The standard InChI is InChI=1S/C16H17ClN2O3/c1-10-3-4-12(17)9-15(10)19-16(21)18-11(2)22-14-7-5-13(20)6-8-14/h3-9,11,20H,1-2H3,(H2,18,19,21). The van der Waals surface area contributed by atoms with Crippen molar-refractivity contribution in [3.63, 3.8) is 0 Å². The molecule has 0 radical (unpaired) electrons. The molecule has 0 aliphatic heterocycles. The number of anilines is 1. The van der Waals surface area contributed by atoms with Crippen molar-refractivity contribution in [2.24, 2.45) is 0 Å². The van der Waals surface area contributed by atoms with Crippen LogP contribution in [-0.4, -0.2) is 17.4 Å². The molecule has 6 heteroatoms. The molecule has 5 nitrogen and oxygen atoms in total. The summed E-state index contributed by atoms with van der Waals surface area (Å²) in [6, 6.07) is 11.1. The third kappa shape index (κ3) is 4.56. The molecule has 0 spiro atoms. The van der Waals surface area contributed by atoms with Crippen LogP contribution in [0.3, 0.4) is 0 Å². The van der Waals surface area contributed by atoms with E-state index < -0.39 is 12.3 Å². The summed E-state index contributed by atoms with van der Waals surface area (Å²) in [6.45, 7) is 3.58. The second kappa shape index (κ2) is 7.04. The Morgan fingerprint density at radius 1 is 1.23 bits per heavy atom. The van der Waals surface area contributed by atoms with Crippen LogP contribution < -0.4 is 15.4 Å². The molecule has 0 aromatic heterocycles. The van der Waals surface area contributed by atoms with Crippen molar-refractivity contribution in [3.8, 4) is 11.5 Å². The van der Waals surface area contributed by atoms with Crippen LogP contribution in [-0.2, 0) is 0 Å². The van der Waals surface area contributed by atoms with Crippen molar-refractivity contribution in [1.82, 2.24) is 5.32 Å². The number of hydrogen-bond acceptors (Lipinski definition) is 3. The van der Waals surface area contributed by atoms with Gasteiger partial charge in [0.1, 0.15) is 11.5 Å². The van der Waals surface area contributed by atoms with Gasteiger partial charge >= 0.3 is 6.03 Å². The maximum absolute atomic E-state index is 11.9. The summed E-state index contributed by atoms with van der Waals surface area (Å²) in [5, 5.41) is 15.1. The summed E-state index contributed by atoms with van der Waals surface area (Å²) in [5.41, 5.74) is 1.55. The number of nitrogens with one attached hydrogen (secondary N) is 2. The number of ether oxygens (including phenoxy) is 1. The van der Waals surface area contributed by atoms with Crippen molar-refractivity contribution in [2.75, 3.05) is 5.32 Å². The van der Waals surface area contributed by atoms with E-state index in [0.29, 0.717) is 16.5 Å². The fourth-order valence-corrected chi connectivity index (χ4v) is 2.00. The van der Waals surface area contributed by atoms with Crippen LogP contribution in [0.5, 0.6) is 11.5 Å². The van der Waals surface area contributed by atoms with Gasteiger partial charge in [-0.15, -0.1) is 0 Å². The first-order valence-corrected chi connectivity index (χ1v) is 7.11. The third-order valence-electron chi connectivity index (χ3n) is 2.93. The fourth-order valence-electron chi connectivity index (χ4n) is 1.83. The molecule has 0 saturated heterocycles. The Morgan fingerprint density at radius 3 is 2.59 bits per heavy atom. The normalized spacial score (nSPS) is 11.6. The van der Waals surface area contributed by atoms with E-state index in [1.807, 2.05) is 13.0 Å². The second-order valence-corrected chi connectivity index (χ2v) is 5.25. The SMILES string of the molecule is Cc1ccc(Cl)cc1NC(=O)NC(C)Oc1ccc(O)cc1. The van der Waals surface area contributed by atoms with Crippen molar-refractivity contribution in [3.05, 3.63) is 53.1 Å². The summed E-state index contributed by atoms with van der Waals surface area (Å²) >= 11 is 5.91. The molecule has 0 heterocycles. The molecule has 0 aliphatic rings. The molecular formula is C16H17ClN2O3. The highest BCUT2D eigenvalue weighted by molar-refractivity contribution is 6.31. The van der Waals surface area contributed by atoms with Crippen molar-refractivity contribution < 1.29 is 14.6 Å². The Hall–Kier alpha value is -2.40. The molecule has 0 fully saturated rings. The van der Waals surface area contributed by atoms with Crippen LogP contribution in [0.2, 0.25) is 5.02 Å². The Kier molecular flexibility index (Phi) is 5.12. The lowest BCUT2D eigenvalue weighted by Crippen LogP contribution is -2.39. The number of aryl methyl sites for hydroxylation is 1. The Labute approximate surface area is 133 Å². The lowest BCUT2D eigenvalue weighted by molar-refractivity contribution is 0.183. The monoisotopic (exact) mass is 320 g/mol. The van der Waals surface area contributed by atoms with Gasteiger partial charge in [-0.05, 0) is 55.8 Å². The van der Waals surface area contributed by atoms with Crippen LogP contribution in [0.25, 0.3) is 0 Å². The second-order valence-electron chi connectivity index (χ2n) is 4.81. The summed E-state index contributed by atoms with van der Waals surface area (Å²) in [6.07, 6.45) is -0.538. The minimum Gasteiger partial charge on any atom is -0.508 e. The predicted octanol–water partition coefficient (Wildman–Crippen LogP) is 3.90. The topological polar surface area (TPSA) is 70.6 Å². The zero-order valence-electron chi connectivity index (χ0n) is 12.3. The van der Waals surface area contributed by atoms with Crippen LogP contribution in [0.1, 0.15) is 12.5 Å². The molecule has 2 aromatic carbocycles. The first-order valence-electron chi connectivity index (χ1n) is 6.73. The number of hydrogen-bond donors (Lipinski definition) is 3. The van der Waals surface area contributed by atoms with Gasteiger partial charge in [0.15, 0.2) is 6.23 Å². The number of carbonyl (C=O) groups excluding carboxylic acids is 1. The molecule has 1 atom stereocenters. The number of phenolic OH excluding ortho intramolecular Hbond substituents is 1. The first kappa shape index (κ1) is 16.0. The third-order valence-corrected chi connectivity index (χ3v) is 3.17. The molecular weight excluding hydrogens is 304 g/mol. The molecule has 0 saturated carbocycles. The minimum atomic E-state index is -0.538. The van der Waals surface area contributed by atoms with Crippen LogP contribution in [0.4, 0.5) is 10.5 Å². The highest BCUT2D eigenvalue weighted by Gasteiger charge is 2.10. The first-order chi connectivity index (χ1) is 10.4. The Morgan fingerprint density at radius 2 is 1.91 bits per heavy atom. The van der Waals surface area contributed by atoms with Gasteiger partial charge < -0.3 is 20.5 Å². The highest BCUT2D eigenvalue weighted by atomic mass is 35.5. The summed E-state index contributed by atoms with van der Waals surface area (Å²) in [7, 11) is 0. The van der Waals surface area contributed by atoms with E-state index in [1.54, 1.807) is 31.2 Å². The number of benzene rings is 2. The van der Waals surface area contributed by atoms with E-state index in [0.717, 1.165) is 5.56 Å². The number of urea groups is 1. The lowest BCUT2D eigenvalue weighted by Gasteiger charge is -2.17. The molecule has 0 bridgehead atoms. The van der Waals surface area contributed by atoms with Gasteiger partial charge in [-0.25, -0.2) is 4.79 Å². The average molecular weight is 321 g/mol. The molecule has 3 N–H and O–H groups in total. The zero-order chi connectivity index (χ0) is 16.1. The maximum atomic E-state index is 11.9. The fraction of sp³-hybridized carbons (Fsp3) is 0.188. The Bertz CT molecular complexity index is 659. The summed E-state index contributed by atoms with van der Waals surface area (Å²) in [5.74, 6) is 0.701. The number of aromatic hydroxyl groups is 1. The zero-order valence-corrected chi connectivity index (χ0v) is 13.0. The van der Waals surface area contributed by atoms with E-state index >= 15 is 0 Å². The van der Waals surface area contributed by atoms with E-state index in [9.17, 15) is 9.90 Å². The number of rotatable bonds is 4. The van der Waals surface area contributed by atoms with Gasteiger partial charge in [-0.2, -0.15) is 0 Å². The number of halogens is 1. The van der Waals surface area contributed by atoms with Gasteiger partial charge in [0, 0.05) is 10.7 Å². The van der Waals surface area contributed by atoms with Gasteiger partial charge in [-0.3, -0.25) is 0 Å². The summed E-state index contributed by atoms with van der Waals surface area (Å²) < 4.78 is 5.52. The smallest absolute Gasteiger partial charge is 0.322 e. The van der Waals surface area contributed by atoms with Crippen LogP contribution >= 0.6 is 11.6 Å². The van der Waals surface area contributed by atoms with E-state index in [-0.39, 0.29) is 5.75 Å². The summed E-state index contributed by atoms with van der Waals surface area (Å²) in [4.78, 5) is 11.9. The maximum Gasteiger partial charge on any atom is 0.322 e. The predicted molar refractivity (Wildman–Crippen MR) is 86.5 cm³/mol. The molecule has 116 valence electrons. The van der Waals surface area contributed by atoms with Gasteiger partial charge in [0.05, 0.1) is 0 Å². The van der Waals surface area contributed by atoms with Crippen LogP contribution in [0.15, 0.2) is 42.5 Å². The van der Waals surface area contributed by atoms with Gasteiger partial charge in [-0.1, -0.05) is 17.7 Å². The van der Waals surface area contributed by atoms with E-state index in [2.05, 4.69) is 10.6 Å². The molecule has 2 aromatic rings. The van der Waals surface area contributed by atoms with Gasteiger partial charge in [0.25, 0.3) is 0 Å². The molecule has 2 rings (SSSR count). The number of phenols is 1. The molecule has 2 amide bonds. The highest BCUT2D eigenvalue weighted by Crippen LogP contribution is 2.20. The van der Waals surface area contributed by atoms with E-state index in [4.69, 9.17) is 16.3 Å². The van der Waals surface area contributed by atoms with Gasteiger partial charge in [0.2, 0.25) is 0 Å². The Balaban J connectivity index is 1.91. The van der Waals surface area contributed by atoms with Crippen molar-refractivity contribution in [2.45, 2.75) is 20.1 Å². The number of amides is 2. The quantitative estimate of drug-likeness (QED) is 0.748. The molecule has 22 heavy (non-hydrogen) atoms. The van der Waals surface area contributed by atoms with Crippen LogP contribution in [0, 0.1) is 6.92 Å². The minimum absolute atomic E-state index is 0.155. The largest absolute Gasteiger partial charge is 0.508 e. The van der Waals surface area contributed by atoms with E-state index in [1.165, 1.54) is 12.1 Å².